The summed E-state index contributed by atoms with van der Waals surface area (Å²) in [5.74, 6) is -0.0337. The van der Waals surface area contributed by atoms with Gasteiger partial charge in [0.25, 0.3) is 5.91 Å². The first-order valence-electron chi connectivity index (χ1n) is 4.05. The lowest BCUT2D eigenvalue weighted by atomic mass is 10.1. The van der Waals surface area contributed by atoms with Crippen LogP contribution in [0.1, 0.15) is 10.4 Å². The number of amides is 1. The maximum Gasteiger partial charge on any atom is 0.256 e. The normalized spacial score (nSPS) is 13.4. The summed E-state index contributed by atoms with van der Waals surface area (Å²) in [6.07, 6.45) is 1.70. The number of rotatable bonds is 0. The standard InChI is InChI=1S/C10H6N2O/c13-10-6-2-1-3-7-9(6)8(12-10)4-5-11-7/h1-5H,(H,12,13). The summed E-state index contributed by atoms with van der Waals surface area (Å²) in [5, 5.41) is 3.73. The van der Waals surface area contributed by atoms with E-state index in [9.17, 15) is 4.79 Å². The number of aromatic nitrogens is 1. The molecule has 2 aromatic rings. The molecule has 0 spiro atoms. The molecule has 0 unspecified atom stereocenters. The van der Waals surface area contributed by atoms with Gasteiger partial charge in [-0.15, -0.1) is 0 Å². The van der Waals surface area contributed by atoms with Gasteiger partial charge in [-0.25, -0.2) is 0 Å². The van der Waals surface area contributed by atoms with Crippen LogP contribution in [0, 0.1) is 0 Å². The summed E-state index contributed by atoms with van der Waals surface area (Å²) >= 11 is 0. The zero-order chi connectivity index (χ0) is 8.84. The number of nitrogens with one attached hydrogen (secondary N) is 1. The molecule has 1 N–H and O–H groups in total. The van der Waals surface area contributed by atoms with E-state index >= 15 is 0 Å². The first-order chi connectivity index (χ1) is 6.36. The van der Waals surface area contributed by atoms with Gasteiger partial charge >= 0.3 is 0 Å². The minimum atomic E-state index is -0.0337. The van der Waals surface area contributed by atoms with Crippen molar-refractivity contribution >= 4 is 22.5 Å². The van der Waals surface area contributed by atoms with Crippen LogP contribution in [0.25, 0.3) is 10.9 Å². The van der Waals surface area contributed by atoms with Crippen LogP contribution >= 0.6 is 0 Å². The fraction of sp³-hybridized carbons (Fsp3) is 0. The van der Waals surface area contributed by atoms with E-state index in [0.29, 0.717) is 0 Å². The van der Waals surface area contributed by atoms with Crippen molar-refractivity contribution in [3.63, 3.8) is 0 Å². The summed E-state index contributed by atoms with van der Waals surface area (Å²) in [6.45, 7) is 0. The van der Waals surface area contributed by atoms with Crippen molar-refractivity contribution < 1.29 is 4.79 Å². The fourth-order valence-electron chi connectivity index (χ4n) is 1.69. The molecule has 1 aromatic carbocycles. The average molecular weight is 170 g/mol. The van der Waals surface area contributed by atoms with Crippen molar-refractivity contribution in [3.05, 3.63) is 36.0 Å². The zero-order valence-electron chi connectivity index (χ0n) is 6.74. The Balaban J connectivity index is 2.58. The molecule has 62 valence electrons. The fourth-order valence-corrected chi connectivity index (χ4v) is 1.69. The quantitative estimate of drug-likeness (QED) is 0.655. The van der Waals surface area contributed by atoms with Crippen LogP contribution in [-0.4, -0.2) is 10.9 Å². The van der Waals surface area contributed by atoms with E-state index in [1.165, 1.54) is 0 Å². The van der Waals surface area contributed by atoms with Crippen LogP contribution in [0.15, 0.2) is 30.5 Å². The molecule has 1 aliphatic heterocycles. The van der Waals surface area contributed by atoms with E-state index in [4.69, 9.17) is 0 Å². The predicted octanol–water partition coefficient (Wildman–Crippen LogP) is 1.80. The molecule has 0 fully saturated rings. The van der Waals surface area contributed by atoms with Gasteiger partial charge < -0.3 is 5.32 Å². The number of carbonyl (C=O) groups is 1. The summed E-state index contributed by atoms with van der Waals surface area (Å²) < 4.78 is 0. The molecule has 0 bridgehead atoms. The molecule has 3 rings (SSSR count). The van der Waals surface area contributed by atoms with Crippen molar-refractivity contribution in [2.45, 2.75) is 0 Å². The van der Waals surface area contributed by atoms with Gasteiger partial charge in [-0.1, -0.05) is 6.07 Å². The summed E-state index contributed by atoms with van der Waals surface area (Å²) in [4.78, 5) is 15.6. The monoisotopic (exact) mass is 170 g/mol. The lowest BCUT2D eigenvalue weighted by molar-refractivity contribution is 0.103. The third-order valence-electron chi connectivity index (χ3n) is 2.26. The van der Waals surface area contributed by atoms with Crippen LogP contribution in [0.5, 0.6) is 0 Å². The van der Waals surface area contributed by atoms with Gasteiger partial charge in [-0.05, 0) is 18.2 Å². The molecule has 0 saturated heterocycles. The highest BCUT2D eigenvalue weighted by atomic mass is 16.1. The van der Waals surface area contributed by atoms with Crippen LogP contribution in [0.2, 0.25) is 0 Å². The Morgan fingerprint density at radius 1 is 1.23 bits per heavy atom. The molecule has 3 nitrogen and oxygen atoms in total. The Hall–Kier alpha value is -1.90. The molecule has 0 saturated carbocycles. The Morgan fingerprint density at radius 2 is 2.15 bits per heavy atom. The van der Waals surface area contributed by atoms with E-state index in [0.717, 1.165) is 22.2 Å². The number of pyridine rings is 1. The molecular weight excluding hydrogens is 164 g/mol. The first-order valence-corrected chi connectivity index (χ1v) is 4.05. The zero-order valence-corrected chi connectivity index (χ0v) is 6.74. The second-order valence-electron chi connectivity index (χ2n) is 3.01. The van der Waals surface area contributed by atoms with Crippen molar-refractivity contribution in [2.24, 2.45) is 0 Å². The Kier molecular flexibility index (Phi) is 1.05. The second-order valence-corrected chi connectivity index (χ2v) is 3.01. The molecule has 1 amide bonds. The van der Waals surface area contributed by atoms with Gasteiger partial charge in [-0.3, -0.25) is 9.78 Å². The molecule has 1 aromatic heterocycles. The Bertz CT molecular complexity index is 514. The number of anilines is 1. The molecule has 1 aliphatic rings. The summed E-state index contributed by atoms with van der Waals surface area (Å²) in [5.41, 5.74) is 2.46. The first kappa shape index (κ1) is 6.60. The minimum Gasteiger partial charge on any atom is -0.321 e. The summed E-state index contributed by atoms with van der Waals surface area (Å²) in [7, 11) is 0. The summed E-state index contributed by atoms with van der Waals surface area (Å²) in [6, 6.07) is 7.38. The number of carbonyl (C=O) groups excluding carboxylic acids is 1. The molecule has 0 atom stereocenters. The highest BCUT2D eigenvalue weighted by Crippen LogP contribution is 2.30. The molecule has 0 radical (unpaired) electrons. The van der Waals surface area contributed by atoms with Crippen LogP contribution < -0.4 is 5.32 Å². The van der Waals surface area contributed by atoms with Crippen LogP contribution in [0.3, 0.4) is 0 Å². The highest BCUT2D eigenvalue weighted by Gasteiger charge is 2.20. The third kappa shape index (κ3) is 0.731. The average Bonchev–Trinajstić information content (AvgIpc) is 2.47. The van der Waals surface area contributed by atoms with Gasteiger partial charge in [0, 0.05) is 11.6 Å². The number of hydrogen-bond donors (Lipinski definition) is 1. The van der Waals surface area contributed by atoms with E-state index in [1.54, 1.807) is 6.20 Å². The van der Waals surface area contributed by atoms with Gasteiger partial charge in [0.15, 0.2) is 0 Å². The van der Waals surface area contributed by atoms with Gasteiger partial charge in [0.05, 0.1) is 16.8 Å². The van der Waals surface area contributed by atoms with Gasteiger partial charge in [-0.2, -0.15) is 0 Å². The van der Waals surface area contributed by atoms with E-state index in [2.05, 4.69) is 10.3 Å². The van der Waals surface area contributed by atoms with Crippen LogP contribution in [0.4, 0.5) is 5.69 Å². The predicted molar refractivity (Wildman–Crippen MR) is 49.7 cm³/mol. The topological polar surface area (TPSA) is 42.0 Å². The van der Waals surface area contributed by atoms with Crippen molar-refractivity contribution in [1.29, 1.82) is 0 Å². The van der Waals surface area contributed by atoms with Crippen molar-refractivity contribution in [1.82, 2.24) is 4.98 Å². The highest BCUT2D eigenvalue weighted by molar-refractivity contribution is 6.23. The number of benzene rings is 1. The van der Waals surface area contributed by atoms with E-state index < -0.39 is 0 Å². The molecule has 2 heterocycles. The number of nitrogens with zero attached hydrogens (tertiary/aromatic N) is 1. The lowest BCUT2D eigenvalue weighted by Crippen LogP contribution is -2.03. The maximum absolute atomic E-state index is 11.4. The Morgan fingerprint density at radius 3 is 3.08 bits per heavy atom. The molecular formula is C10H6N2O. The molecule has 13 heavy (non-hydrogen) atoms. The van der Waals surface area contributed by atoms with E-state index in [-0.39, 0.29) is 5.91 Å². The molecule has 3 heteroatoms. The van der Waals surface area contributed by atoms with Crippen molar-refractivity contribution in [2.75, 3.05) is 5.32 Å². The SMILES string of the molecule is O=C1Nc2ccnc3cccc1c23. The smallest absolute Gasteiger partial charge is 0.256 e. The minimum absolute atomic E-state index is 0.0337. The van der Waals surface area contributed by atoms with E-state index in [1.807, 2.05) is 24.3 Å². The van der Waals surface area contributed by atoms with Crippen molar-refractivity contribution in [3.8, 4) is 0 Å². The number of hydrogen-bond acceptors (Lipinski definition) is 2. The second kappa shape index (κ2) is 2.07. The third-order valence-corrected chi connectivity index (χ3v) is 2.26. The maximum atomic E-state index is 11.4. The largest absolute Gasteiger partial charge is 0.321 e. The lowest BCUT2D eigenvalue weighted by Gasteiger charge is -1.96. The van der Waals surface area contributed by atoms with Gasteiger partial charge in [0.2, 0.25) is 0 Å². The van der Waals surface area contributed by atoms with Gasteiger partial charge in [0.1, 0.15) is 0 Å². The Labute approximate surface area is 74.4 Å². The van der Waals surface area contributed by atoms with Crippen LogP contribution in [-0.2, 0) is 0 Å². The molecule has 0 aliphatic carbocycles.